The number of anilines is 2. The zero-order chi connectivity index (χ0) is 17.5. The van der Waals surface area contributed by atoms with E-state index >= 15 is 0 Å². The van der Waals surface area contributed by atoms with E-state index in [2.05, 4.69) is 9.97 Å². The lowest BCUT2D eigenvalue weighted by atomic mass is 10.0. The van der Waals surface area contributed by atoms with Crippen molar-refractivity contribution in [1.82, 2.24) is 9.97 Å². The molecular formula is C15H13F3N4O2. The number of carbonyl (C=O) groups is 1. The molecule has 0 spiro atoms. The van der Waals surface area contributed by atoms with Gasteiger partial charge in [0, 0.05) is 18.7 Å². The predicted octanol–water partition coefficient (Wildman–Crippen LogP) is 2.29. The van der Waals surface area contributed by atoms with Crippen molar-refractivity contribution in [3.05, 3.63) is 41.1 Å². The number of amides is 1. The lowest BCUT2D eigenvalue weighted by molar-refractivity contribution is -0.137. The molecule has 126 valence electrons. The third-order valence-corrected chi connectivity index (χ3v) is 3.71. The standard InChI is InChI=1S/C15H13F3N4O2/c1-24-14-20-10-6-7-22(13(23)11(10)12(19)21-14)9-4-2-8(3-5-9)15(16,17)18/h2-5H,6-7H2,1H3,(H2,19,20,21). The lowest BCUT2D eigenvalue weighted by Gasteiger charge is -2.28. The van der Waals surface area contributed by atoms with Gasteiger partial charge in [0.15, 0.2) is 0 Å². The van der Waals surface area contributed by atoms with Crippen molar-refractivity contribution in [2.75, 3.05) is 24.3 Å². The van der Waals surface area contributed by atoms with Crippen molar-refractivity contribution >= 4 is 17.4 Å². The second kappa shape index (κ2) is 5.66. The van der Waals surface area contributed by atoms with Crippen LogP contribution in [0.5, 0.6) is 6.01 Å². The van der Waals surface area contributed by atoms with Crippen LogP contribution in [0.4, 0.5) is 24.7 Å². The Bertz CT molecular complexity index is 791. The number of carbonyl (C=O) groups excluding carboxylic acids is 1. The molecule has 0 aliphatic carbocycles. The second-order valence-corrected chi connectivity index (χ2v) is 5.17. The third-order valence-electron chi connectivity index (χ3n) is 3.71. The molecule has 2 heterocycles. The number of halogens is 3. The summed E-state index contributed by atoms with van der Waals surface area (Å²) >= 11 is 0. The third kappa shape index (κ3) is 2.72. The SMILES string of the molecule is COc1nc(N)c2c(n1)CCN(c1ccc(C(F)(F)F)cc1)C2=O. The molecule has 1 amide bonds. The first-order chi connectivity index (χ1) is 11.3. The van der Waals surface area contributed by atoms with E-state index in [-0.39, 0.29) is 23.9 Å². The average molecular weight is 338 g/mol. The summed E-state index contributed by atoms with van der Waals surface area (Å²) in [7, 11) is 1.39. The van der Waals surface area contributed by atoms with Gasteiger partial charge in [-0.1, -0.05) is 0 Å². The van der Waals surface area contributed by atoms with Crippen molar-refractivity contribution in [3.63, 3.8) is 0 Å². The molecule has 24 heavy (non-hydrogen) atoms. The van der Waals surface area contributed by atoms with Crippen LogP contribution in [0, 0.1) is 0 Å². The van der Waals surface area contributed by atoms with E-state index in [1.807, 2.05) is 0 Å². The molecule has 6 nitrogen and oxygen atoms in total. The molecule has 0 saturated carbocycles. The van der Waals surface area contributed by atoms with Gasteiger partial charge in [-0.05, 0) is 24.3 Å². The summed E-state index contributed by atoms with van der Waals surface area (Å²) in [5.74, 6) is -0.463. The molecule has 1 aromatic carbocycles. The molecule has 2 N–H and O–H groups in total. The first kappa shape index (κ1) is 16.0. The first-order valence-corrected chi connectivity index (χ1v) is 7.00. The summed E-state index contributed by atoms with van der Waals surface area (Å²) in [6.07, 6.45) is -4.03. The normalized spacial score (nSPS) is 14.5. The number of ether oxygens (including phenoxy) is 1. The quantitative estimate of drug-likeness (QED) is 0.909. The van der Waals surface area contributed by atoms with Crippen LogP contribution >= 0.6 is 0 Å². The van der Waals surface area contributed by atoms with E-state index in [9.17, 15) is 18.0 Å². The Labute approximate surface area is 135 Å². The fourth-order valence-corrected chi connectivity index (χ4v) is 2.54. The molecule has 1 aliphatic heterocycles. The number of nitrogen functional groups attached to an aromatic ring is 1. The van der Waals surface area contributed by atoms with Crippen LogP contribution in [0.2, 0.25) is 0 Å². The molecule has 0 saturated heterocycles. The van der Waals surface area contributed by atoms with Crippen molar-refractivity contribution in [1.29, 1.82) is 0 Å². The Kier molecular flexibility index (Phi) is 3.78. The van der Waals surface area contributed by atoms with Crippen LogP contribution in [0.3, 0.4) is 0 Å². The molecule has 1 aromatic heterocycles. The Morgan fingerprint density at radius 3 is 2.46 bits per heavy atom. The topological polar surface area (TPSA) is 81.3 Å². The highest BCUT2D eigenvalue weighted by atomic mass is 19.4. The van der Waals surface area contributed by atoms with Crippen molar-refractivity contribution in [3.8, 4) is 6.01 Å². The number of nitrogens with zero attached hydrogens (tertiary/aromatic N) is 3. The number of rotatable bonds is 2. The summed E-state index contributed by atoms with van der Waals surface area (Å²) in [5.41, 5.74) is 6.00. The van der Waals surface area contributed by atoms with E-state index < -0.39 is 17.6 Å². The van der Waals surface area contributed by atoms with Crippen LogP contribution < -0.4 is 15.4 Å². The number of hydrogen-bond acceptors (Lipinski definition) is 5. The fourth-order valence-electron chi connectivity index (χ4n) is 2.54. The summed E-state index contributed by atoms with van der Waals surface area (Å²) in [6.45, 7) is 0.275. The summed E-state index contributed by atoms with van der Waals surface area (Å²) in [5, 5.41) is 0. The van der Waals surface area contributed by atoms with Gasteiger partial charge in [0.2, 0.25) is 0 Å². The van der Waals surface area contributed by atoms with Gasteiger partial charge >= 0.3 is 12.2 Å². The fraction of sp³-hybridized carbons (Fsp3) is 0.267. The maximum Gasteiger partial charge on any atom is 0.416 e. The van der Waals surface area contributed by atoms with Crippen LogP contribution in [-0.4, -0.2) is 29.5 Å². The van der Waals surface area contributed by atoms with E-state index in [0.29, 0.717) is 17.8 Å². The minimum absolute atomic E-state index is 0.0153. The molecule has 2 aromatic rings. The van der Waals surface area contributed by atoms with Gasteiger partial charge in [0.1, 0.15) is 11.4 Å². The summed E-state index contributed by atoms with van der Waals surface area (Å²) in [6, 6.07) is 4.46. The Balaban J connectivity index is 1.94. The monoisotopic (exact) mass is 338 g/mol. The number of alkyl halides is 3. The Morgan fingerprint density at radius 2 is 1.88 bits per heavy atom. The van der Waals surface area contributed by atoms with Gasteiger partial charge in [-0.15, -0.1) is 0 Å². The largest absolute Gasteiger partial charge is 0.467 e. The second-order valence-electron chi connectivity index (χ2n) is 5.17. The molecular weight excluding hydrogens is 325 g/mol. The van der Waals surface area contributed by atoms with Gasteiger partial charge in [-0.2, -0.15) is 23.1 Å². The molecule has 3 rings (SSSR count). The summed E-state index contributed by atoms with van der Waals surface area (Å²) < 4.78 is 42.8. The van der Waals surface area contributed by atoms with E-state index in [4.69, 9.17) is 10.5 Å². The predicted molar refractivity (Wildman–Crippen MR) is 79.8 cm³/mol. The number of methoxy groups -OCH3 is 1. The van der Waals surface area contributed by atoms with Crippen LogP contribution in [-0.2, 0) is 12.6 Å². The van der Waals surface area contributed by atoms with Crippen molar-refractivity contribution < 1.29 is 22.7 Å². The minimum Gasteiger partial charge on any atom is -0.467 e. The maximum atomic E-state index is 12.6. The highest BCUT2D eigenvalue weighted by molar-refractivity contribution is 6.10. The van der Waals surface area contributed by atoms with E-state index in [0.717, 1.165) is 12.1 Å². The number of fused-ring (bicyclic) bond motifs is 1. The number of nitrogens with two attached hydrogens (primary N) is 1. The molecule has 0 fully saturated rings. The Morgan fingerprint density at radius 1 is 1.21 bits per heavy atom. The molecule has 0 atom stereocenters. The zero-order valence-electron chi connectivity index (χ0n) is 12.6. The van der Waals surface area contributed by atoms with E-state index in [1.54, 1.807) is 0 Å². The molecule has 0 radical (unpaired) electrons. The lowest BCUT2D eigenvalue weighted by Crippen LogP contribution is -2.39. The first-order valence-electron chi connectivity index (χ1n) is 7.00. The highest BCUT2D eigenvalue weighted by Crippen LogP contribution is 2.32. The molecule has 1 aliphatic rings. The smallest absolute Gasteiger partial charge is 0.416 e. The van der Waals surface area contributed by atoms with Gasteiger partial charge in [-0.25, -0.2) is 0 Å². The summed E-state index contributed by atoms with van der Waals surface area (Å²) in [4.78, 5) is 22.0. The van der Waals surface area contributed by atoms with Gasteiger partial charge in [0.05, 0.1) is 18.4 Å². The maximum absolute atomic E-state index is 12.6. The molecule has 9 heteroatoms. The van der Waals surface area contributed by atoms with Crippen molar-refractivity contribution in [2.45, 2.75) is 12.6 Å². The van der Waals surface area contributed by atoms with Gasteiger partial charge in [0.25, 0.3) is 5.91 Å². The number of hydrogen-bond donors (Lipinski definition) is 1. The average Bonchev–Trinajstić information content (AvgIpc) is 2.54. The van der Waals surface area contributed by atoms with Gasteiger partial charge < -0.3 is 15.4 Å². The zero-order valence-corrected chi connectivity index (χ0v) is 12.6. The molecule has 0 bridgehead atoms. The van der Waals surface area contributed by atoms with E-state index in [1.165, 1.54) is 24.1 Å². The van der Waals surface area contributed by atoms with Crippen molar-refractivity contribution in [2.24, 2.45) is 0 Å². The minimum atomic E-state index is -4.42. The van der Waals surface area contributed by atoms with Gasteiger partial charge in [-0.3, -0.25) is 4.79 Å². The number of benzene rings is 1. The van der Waals surface area contributed by atoms with Crippen LogP contribution in [0.15, 0.2) is 24.3 Å². The number of aromatic nitrogens is 2. The van der Waals surface area contributed by atoms with Crippen LogP contribution in [0.1, 0.15) is 21.6 Å². The Hall–Kier alpha value is -2.84. The molecule has 0 unspecified atom stereocenters. The highest BCUT2D eigenvalue weighted by Gasteiger charge is 2.32. The van der Waals surface area contributed by atoms with Crippen LogP contribution in [0.25, 0.3) is 0 Å².